The molecule has 0 unspecified atom stereocenters. The minimum atomic E-state index is -0.359. The highest BCUT2D eigenvalue weighted by Gasteiger charge is 2.20. The molecular formula is C14H15BN4O. The van der Waals surface area contributed by atoms with Crippen LogP contribution in [0.15, 0.2) is 48.8 Å². The lowest BCUT2D eigenvalue weighted by Crippen LogP contribution is -2.42. The summed E-state index contributed by atoms with van der Waals surface area (Å²) in [4.78, 5) is 17.4. The van der Waals surface area contributed by atoms with Crippen molar-refractivity contribution in [3.05, 3.63) is 54.4 Å². The van der Waals surface area contributed by atoms with Gasteiger partial charge in [-0.2, -0.15) is 0 Å². The molecule has 0 spiro atoms. The highest BCUT2D eigenvalue weighted by Crippen LogP contribution is 2.16. The lowest BCUT2D eigenvalue weighted by Gasteiger charge is -2.23. The van der Waals surface area contributed by atoms with Gasteiger partial charge in [0.25, 0.3) is 0 Å². The van der Waals surface area contributed by atoms with E-state index in [1.807, 2.05) is 32.1 Å². The van der Waals surface area contributed by atoms with Crippen LogP contribution in [0.4, 0.5) is 10.5 Å². The Morgan fingerprint density at radius 1 is 1.30 bits per heavy atom. The highest BCUT2D eigenvalue weighted by molar-refractivity contribution is 6.32. The van der Waals surface area contributed by atoms with Crippen molar-refractivity contribution in [2.45, 2.75) is 0 Å². The van der Waals surface area contributed by atoms with Crippen molar-refractivity contribution in [1.29, 1.82) is 5.41 Å². The zero-order valence-electron chi connectivity index (χ0n) is 11.4. The van der Waals surface area contributed by atoms with E-state index in [9.17, 15) is 4.79 Å². The third-order valence-corrected chi connectivity index (χ3v) is 2.87. The number of aromatic nitrogens is 1. The number of amidine groups is 1. The van der Waals surface area contributed by atoms with Crippen LogP contribution in [0.3, 0.4) is 0 Å². The maximum atomic E-state index is 12.1. The number of amides is 2. The number of pyridine rings is 1. The molecule has 0 aliphatic rings. The number of hydrogen-bond donors (Lipinski definition) is 2. The first-order valence-electron chi connectivity index (χ1n) is 6.21. The smallest absolute Gasteiger partial charge is 0.327 e. The van der Waals surface area contributed by atoms with Crippen LogP contribution in [0.5, 0.6) is 0 Å². The number of carbonyl (C=O) groups excluding carboxylic acids is 1. The molecule has 0 bridgehead atoms. The van der Waals surface area contributed by atoms with Crippen molar-refractivity contribution in [1.82, 2.24) is 10.3 Å². The quantitative estimate of drug-likeness (QED) is 0.472. The summed E-state index contributed by atoms with van der Waals surface area (Å²) in [6, 6.07) is 10.6. The molecule has 100 valence electrons. The molecule has 2 N–H and O–H groups in total. The van der Waals surface area contributed by atoms with Crippen molar-refractivity contribution in [2.75, 3.05) is 11.9 Å². The van der Waals surface area contributed by atoms with Gasteiger partial charge in [-0.05, 0) is 24.3 Å². The normalized spacial score (nSPS) is 9.85. The van der Waals surface area contributed by atoms with E-state index in [-0.39, 0.29) is 11.9 Å². The molecule has 0 saturated carbocycles. The fourth-order valence-corrected chi connectivity index (χ4v) is 1.79. The van der Waals surface area contributed by atoms with E-state index in [4.69, 9.17) is 5.41 Å². The van der Waals surface area contributed by atoms with E-state index in [1.54, 1.807) is 31.6 Å². The molecule has 1 heterocycles. The molecular weight excluding hydrogens is 251 g/mol. The molecule has 0 atom stereocenters. The number of urea groups is 1. The van der Waals surface area contributed by atoms with Crippen LogP contribution in [0.1, 0.15) is 5.56 Å². The van der Waals surface area contributed by atoms with Gasteiger partial charge in [0.2, 0.25) is 0 Å². The molecule has 5 nitrogen and oxygen atoms in total. The Hall–Kier alpha value is -2.63. The lowest BCUT2D eigenvalue weighted by molar-refractivity contribution is 0.251. The fraction of sp³-hybridized carbons (Fsp3) is 0.0714. The van der Waals surface area contributed by atoms with Crippen molar-refractivity contribution in [3.63, 3.8) is 0 Å². The van der Waals surface area contributed by atoms with Crippen LogP contribution in [0.2, 0.25) is 0 Å². The van der Waals surface area contributed by atoms with Crippen LogP contribution in [0, 0.1) is 5.41 Å². The largest absolute Gasteiger partial charge is 0.340 e. The molecule has 0 radical (unpaired) electrons. The minimum absolute atomic E-state index is 0.0845. The maximum absolute atomic E-state index is 12.1. The van der Waals surface area contributed by atoms with Gasteiger partial charge in [-0.15, -0.1) is 0 Å². The lowest BCUT2D eigenvalue weighted by atomic mass is 9.96. The predicted octanol–water partition coefficient (Wildman–Crippen LogP) is 0.511. The van der Waals surface area contributed by atoms with Gasteiger partial charge in [0.1, 0.15) is 13.7 Å². The number of rotatable bonds is 2. The summed E-state index contributed by atoms with van der Waals surface area (Å²) >= 11 is 0. The monoisotopic (exact) mass is 266 g/mol. The fourth-order valence-electron chi connectivity index (χ4n) is 1.79. The molecule has 2 aromatic rings. The second kappa shape index (κ2) is 6.01. The van der Waals surface area contributed by atoms with E-state index >= 15 is 0 Å². The Morgan fingerprint density at radius 3 is 2.55 bits per heavy atom. The third-order valence-electron chi connectivity index (χ3n) is 2.87. The average molecular weight is 266 g/mol. The van der Waals surface area contributed by atoms with E-state index in [0.29, 0.717) is 11.3 Å². The maximum Gasteiger partial charge on any atom is 0.327 e. The number of benzene rings is 1. The number of carbonyl (C=O) groups is 1. The van der Waals surface area contributed by atoms with Gasteiger partial charge in [-0.3, -0.25) is 10.4 Å². The average Bonchev–Trinajstić information content (AvgIpc) is 2.50. The molecule has 6 heteroatoms. The SMILES string of the molecule is Bc1ccc(N(C(=N)c2cccnc2)C(=O)NC)cc1. The Morgan fingerprint density at radius 2 is 2.00 bits per heavy atom. The highest BCUT2D eigenvalue weighted by atomic mass is 16.2. The number of anilines is 1. The molecule has 20 heavy (non-hydrogen) atoms. The Kier molecular flexibility index (Phi) is 4.15. The first-order valence-corrected chi connectivity index (χ1v) is 6.21. The zero-order chi connectivity index (χ0) is 14.5. The Labute approximate surface area is 118 Å². The summed E-state index contributed by atoms with van der Waals surface area (Å²) in [6.45, 7) is 0. The van der Waals surface area contributed by atoms with Gasteiger partial charge in [0, 0.05) is 25.0 Å². The van der Waals surface area contributed by atoms with E-state index in [1.165, 1.54) is 4.90 Å². The van der Waals surface area contributed by atoms with Crippen LogP contribution in [-0.2, 0) is 0 Å². The van der Waals surface area contributed by atoms with Gasteiger partial charge in [0.05, 0.1) is 5.69 Å². The Bertz CT molecular complexity index is 613. The molecule has 0 fully saturated rings. The van der Waals surface area contributed by atoms with E-state index < -0.39 is 0 Å². The summed E-state index contributed by atoms with van der Waals surface area (Å²) in [5.41, 5.74) is 2.32. The van der Waals surface area contributed by atoms with E-state index in [2.05, 4.69) is 10.3 Å². The van der Waals surface area contributed by atoms with Crippen LogP contribution < -0.4 is 15.7 Å². The number of nitrogens with one attached hydrogen (secondary N) is 2. The summed E-state index contributed by atoms with van der Waals surface area (Å²) in [5.74, 6) is 0.0845. The summed E-state index contributed by atoms with van der Waals surface area (Å²) in [7, 11) is 3.51. The molecule has 0 saturated heterocycles. The van der Waals surface area contributed by atoms with Crippen LogP contribution in [0.25, 0.3) is 0 Å². The summed E-state index contributed by atoms with van der Waals surface area (Å²) < 4.78 is 0. The van der Waals surface area contributed by atoms with Gasteiger partial charge in [-0.25, -0.2) is 9.69 Å². The standard InChI is InChI=1S/C14H15BN4O/c1-17-14(20)19(12-6-4-11(15)5-7-12)13(16)10-3-2-8-18-9-10/h2-9,16H,15H2,1H3,(H,17,20). The molecule has 0 aliphatic heterocycles. The van der Waals surface area contributed by atoms with Crippen molar-refractivity contribution in [2.24, 2.45) is 0 Å². The van der Waals surface area contributed by atoms with Crippen molar-refractivity contribution >= 4 is 30.9 Å². The molecule has 1 aromatic heterocycles. The Balaban J connectivity index is 2.40. The van der Waals surface area contributed by atoms with Crippen molar-refractivity contribution in [3.8, 4) is 0 Å². The van der Waals surface area contributed by atoms with E-state index in [0.717, 1.165) is 5.46 Å². The number of nitrogens with zero attached hydrogens (tertiary/aromatic N) is 2. The molecule has 1 aromatic carbocycles. The molecule has 2 rings (SSSR count). The van der Waals surface area contributed by atoms with Gasteiger partial charge in [-0.1, -0.05) is 17.6 Å². The van der Waals surface area contributed by atoms with Crippen LogP contribution >= 0.6 is 0 Å². The molecule has 2 amide bonds. The van der Waals surface area contributed by atoms with Gasteiger partial charge < -0.3 is 5.32 Å². The number of hydrogen-bond acceptors (Lipinski definition) is 3. The first kappa shape index (κ1) is 13.8. The topological polar surface area (TPSA) is 69.1 Å². The van der Waals surface area contributed by atoms with Crippen molar-refractivity contribution < 1.29 is 4.79 Å². The second-order valence-electron chi connectivity index (χ2n) is 4.32. The third kappa shape index (κ3) is 2.85. The van der Waals surface area contributed by atoms with Gasteiger partial charge >= 0.3 is 6.03 Å². The summed E-state index contributed by atoms with van der Waals surface area (Å²) in [5, 5.41) is 10.8. The minimum Gasteiger partial charge on any atom is -0.340 e. The van der Waals surface area contributed by atoms with Gasteiger partial charge in [0.15, 0.2) is 0 Å². The first-order chi connectivity index (χ1) is 9.63. The molecule has 0 aliphatic carbocycles. The summed E-state index contributed by atoms with van der Waals surface area (Å²) in [6.07, 6.45) is 3.19. The second-order valence-corrected chi connectivity index (χ2v) is 4.32. The zero-order valence-corrected chi connectivity index (χ0v) is 11.4. The predicted molar refractivity (Wildman–Crippen MR) is 82.6 cm³/mol. The van der Waals surface area contributed by atoms with Crippen LogP contribution in [-0.4, -0.2) is 31.7 Å².